The quantitative estimate of drug-likeness (QED) is 0.793. The van der Waals surface area contributed by atoms with Crippen LogP contribution in [-0.2, 0) is 9.53 Å². The summed E-state index contributed by atoms with van der Waals surface area (Å²) in [6, 6.07) is 3.59. The van der Waals surface area contributed by atoms with E-state index in [4.69, 9.17) is 27.9 Å². The minimum atomic E-state index is -1.17. The molecule has 1 saturated heterocycles. The van der Waals surface area contributed by atoms with E-state index < -0.39 is 23.5 Å². The van der Waals surface area contributed by atoms with Gasteiger partial charge in [-0.15, -0.1) is 0 Å². The molecule has 0 aliphatic carbocycles. The van der Waals surface area contributed by atoms with Crippen molar-refractivity contribution in [2.75, 3.05) is 18.5 Å². The number of hydrogen-bond donors (Lipinski definition) is 3. The Morgan fingerprint density at radius 2 is 2.00 bits per heavy atom. The molecule has 2 unspecified atom stereocenters. The number of carboxylic acids is 1. The van der Waals surface area contributed by atoms with Crippen LogP contribution in [0.2, 0.25) is 10.0 Å². The Morgan fingerprint density at radius 1 is 1.38 bits per heavy atom. The second-order valence-electron chi connectivity index (χ2n) is 4.99. The third kappa shape index (κ3) is 3.23. The number of carbonyl (C=O) groups is 2. The highest BCUT2D eigenvalue weighted by atomic mass is 35.5. The molecule has 0 bridgehead atoms. The predicted molar refractivity (Wildman–Crippen MR) is 79.0 cm³/mol. The molecule has 1 aromatic rings. The van der Waals surface area contributed by atoms with Gasteiger partial charge in [0.05, 0.1) is 35.0 Å². The number of carboxylic acid groups (broad SMARTS) is 1. The Balaban J connectivity index is 2.07. The molecular weight excluding hydrogens is 319 g/mol. The number of carbonyl (C=O) groups excluding carboxylic acids is 1. The van der Waals surface area contributed by atoms with E-state index in [0.29, 0.717) is 10.0 Å². The number of hydrogen-bond acceptors (Lipinski definition) is 3. The molecule has 1 heterocycles. The summed E-state index contributed by atoms with van der Waals surface area (Å²) in [6.45, 7) is 1.70. The summed E-state index contributed by atoms with van der Waals surface area (Å²) in [6.07, 6.45) is 0. The molecule has 1 aliphatic rings. The second-order valence-corrected chi connectivity index (χ2v) is 5.80. The van der Waals surface area contributed by atoms with Crippen molar-refractivity contribution in [2.24, 2.45) is 5.41 Å². The summed E-state index contributed by atoms with van der Waals surface area (Å²) < 4.78 is 5.16. The number of urea groups is 1. The monoisotopic (exact) mass is 332 g/mol. The van der Waals surface area contributed by atoms with Crippen molar-refractivity contribution < 1.29 is 19.4 Å². The van der Waals surface area contributed by atoms with E-state index in [2.05, 4.69) is 10.6 Å². The molecule has 1 aromatic carbocycles. The molecule has 21 heavy (non-hydrogen) atoms. The van der Waals surface area contributed by atoms with Crippen LogP contribution >= 0.6 is 23.2 Å². The van der Waals surface area contributed by atoms with Crippen molar-refractivity contribution in [3.05, 3.63) is 28.2 Å². The molecule has 0 aromatic heterocycles. The van der Waals surface area contributed by atoms with Crippen molar-refractivity contribution in [1.29, 1.82) is 0 Å². The Labute approximate surface area is 131 Å². The number of halogens is 2. The van der Waals surface area contributed by atoms with Crippen LogP contribution in [0.1, 0.15) is 6.92 Å². The summed E-state index contributed by atoms with van der Waals surface area (Å²) in [5, 5.41) is 14.9. The Hall–Kier alpha value is -1.50. The smallest absolute Gasteiger partial charge is 0.319 e. The van der Waals surface area contributed by atoms with E-state index in [-0.39, 0.29) is 18.9 Å². The second kappa shape index (κ2) is 6.09. The number of benzene rings is 1. The maximum absolute atomic E-state index is 12.0. The lowest BCUT2D eigenvalue weighted by Crippen LogP contribution is -2.50. The third-order valence-electron chi connectivity index (χ3n) is 3.45. The zero-order valence-electron chi connectivity index (χ0n) is 11.2. The molecular formula is C13H14Cl2N2O4. The fourth-order valence-electron chi connectivity index (χ4n) is 2.01. The van der Waals surface area contributed by atoms with Crippen molar-refractivity contribution in [3.8, 4) is 0 Å². The average Bonchev–Trinajstić information content (AvgIpc) is 2.77. The van der Waals surface area contributed by atoms with Gasteiger partial charge < -0.3 is 20.5 Å². The molecule has 0 saturated carbocycles. The lowest BCUT2D eigenvalue weighted by atomic mass is 9.85. The summed E-state index contributed by atoms with van der Waals surface area (Å²) >= 11 is 11.9. The summed E-state index contributed by atoms with van der Waals surface area (Å²) in [5.41, 5.74) is -0.893. The van der Waals surface area contributed by atoms with E-state index >= 15 is 0 Å². The predicted octanol–water partition coefficient (Wildman–Crippen LogP) is 2.60. The summed E-state index contributed by atoms with van der Waals surface area (Å²) in [5.74, 6) is -1.03. The van der Waals surface area contributed by atoms with Crippen LogP contribution in [0.4, 0.5) is 10.5 Å². The molecule has 2 rings (SSSR count). The molecule has 0 radical (unpaired) electrons. The lowest BCUT2D eigenvalue weighted by Gasteiger charge is -2.25. The van der Waals surface area contributed by atoms with Gasteiger partial charge in [-0.25, -0.2) is 4.79 Å². The standard InChI is InChI=1S/C13H14Cl2N2O4/c1-13(11(18)19)6-21-5-9(13)16-12(20)17-10-7(14)3-2-4-8(10)15/h2-4,9H,5-6H2,1H3,(H,18,19)(H2,16,17,20). The first-order valence-corrected chi connectivity index (χ1v) is 6.93. The van der Waals surface area contributed by atoms with Crippen LogP contribution in [0, 0.1) is 5.41 Å². The van der Waals surface area contributed by atoms with Crippen LogP contribution < -0.4 is 10.6 Å². The van der Waals surface area contributed by atoms with Gasteiger partial charge in [-0.1, -0.05) is 29.3 Å². The molecule has 2 atom stereocenters. The van der Waals surface area contributed by atoms with Crippen molar-refractivity contribution in [2.45, 2.75) is 13.0 Å². The number of rotatable bonds is 3. The van der Waals surface area contributed by atoms with Crippen molar-refractivity contribution >= 4 is 40.9 Å². The SMILES string of the molecule is CC1(C(=O)O)COCC1NC(=O)Nc1c(Cl)cccc1Cl. The Morgan fingerprint density at radius 3 is 2.57 bits per heavy atom. The van der Waals surface area contributed by atoms with Gasteiger partial charge in [0.15, 0.2) is 0 Å². The van der Waals surface area contributed by atoms with Gasteiger partial charge in [-0.3, -0.25) is 4.79 Å². The lowest BCUT2D eigenvalue weighted by molar-refractivity contribution is -0.148. The van der Waals surface area contributed by atoms with Gasteiger partial charge in [0.2, 0.25) is 0 Å². The van der Waals surface area contributed by atoms with Crippen LogP contribution in [0.25, 0.3) is 0 Å². The third-order valence-corrected chi connectivity index (χ3v) is 4.08. The summed E-state index contributed by atoms with van der Waals surface area (Å²) in [4.78, 5) is 23.3. The van der Waals surface area contributed by atoms with E-state index in [1.807, 2.05) is 0 Å². The first-order valence-electron chi connectivity index (χ1n) is 6.17. The van der Waals surface area contributed by atoms with Gasteiger partial charge in [0.1, 0.15) is 5.41 Å². The number of nitrogens with one attached hydrogen (secondary N) is 2. The first kappa shape index (κ1) is 15.9. The minimum Gasteiger partial charge on any atom is -0.481 e. The van der Waals surface area contributed by atoms with E-state index in [9.17, 15) is 14.7 Å². The number of ether oxygens (including phenoxy) is 1. The fraction of sp³-hybridized carbons (Fsp3) is 0.385. The van der Waals surface area contributed by atoms with Gasteiger partial charge in [-0.05, 0) is 19.1 Å². The topological polar surface area (TPSA) is 87.7 Å². The van der Waals surface area contributed by atoms with Gasteiger partial charge >= 0.3 is 12.0 Å². The molecule has 3 N–H and O–H groups in total. The van der Waals surface area contributed by atoms with Crippen LogP contribution in [0.5, 0.6) is 0 Å². The molecule has 114 valence electrons. The highest BCUT2D eigenvalue weighted by Crippen LogP contribution is 2.31. The van der Waals surface area contributed by atoms with Gasteiger partial charge in [0.25, 0.3) is 0 Å². The Bertz CT molecular complexity index is 561. The summed E-state index contributed by atoms with van der Waals surface area (Å²) in [7, 11) is 0. The van der Waals surface area contributed by atoms with Crippen LogP contribution in [0.3, 0.4) is 0 Å². The highest BCUT2D eigenvalue weighted by Gasteiger charge is 2.47. The molecule has 1 aliphatic heterocycles. The normalized spacial score (nSPS) is 24.6. The molecule has 1 fully saturated rings. The van der Waals surface area contributed by atoms with Crippen LogP contribution in [-0.4, -0.2) is 36.4 Å². The highest BCUT2D eigenvalue weighted by molar-refractivity contribution is 6.39. The number of amides is 2. The average molecular weight is 333 g/mol. The maximum Gasteiger partial charge on any atom is 0.319 e. The first-order chi connectivity index (χ1) is 9.84. The van der Waals surface area contributed by atoms with Crippen molar-refractivity contribution in [1.82, 2.24) is 5.32 Å². The van der Waals surface area contributed by atoms with Crippen LogP contribution in [0.15, 0.2) is 18.2 Å². The molecule has 8 heteroatoms. The fourth-order valence-corrected chi connectivity index (χ4v) is 2.50. The molecule has 0 spiro atoms. The number of aliphatic carboxylic acids is 1. The maximum atomic E-state index is 12.0. The van der Waals surface area contributed by atoms with Crippen molar-refractivity contribution in [3.63, 3.8) is 0 Å². The van der Waals surface area contributed by atoms with E-state index in [1.165, 1.54) is 6.92 Å². The number of para-hydroxylation sites is 1. The Kier molecular flexibility index (Phi) is 4.61. The zero-order valence-corrected chi connectivity index (χ0v) is 12.7. The largest absolute Gasteiger partial charge is 0.481 e. The van der Waals surface area contributed by atoms with Gasteiger partial charge in [0, 0.05) is 0 Å². The minimum absolute atomic E-state index is 0.0418. The number of anilines is 1. The van der Waals surface area contributed by atoms with E-state index in [1.54, 1.807) is 18.2 Å². The van der Waals surface area contributed by atoms with Gasteiger partial charge in [-0.2, -0.15) is 0 Å². The van der Waals surface area contributed by atoms with E-state index in [0.717, 1.165) is 0 Å². The zero-order chi connectivity index (χ0) is 15.6. The molecule has 2 amide bonds. The molecule has 6 nitrogen and oxygen atoms in total.